The van der Waals surface area contributed by atoms with Crippen molar-refractivity contribution in [3.8, 4) is 0 Å². The number of hydrogen-bond acceptors (Lipinski definition) is 2. The molecule has 0 bridgehead atoms. The Balaban J connectivity index is 2.15. The van der Waals surface area contributed by atoms with Crippen LogP contribution in [0, 0.1) is 13.8 Å². The van der Waals surface area contributed by atoms with Crippen LogP contribution in [0.15, 0.2) is 36.4 Å². The highest BCUT2D eigenvalue weighted by molar-refractivity contribution is 5.79. The highest BCUT2D eigenvalue weighted by atomic mass is 16.2. The summed E-state index contributed by atoms with van der Waals surface area (Å²) in [4.78, 5) is 12.3. The van der Waals surface area contributed by atoms with Crippen molar-refractivity contribution < 1.29 is 4.79 Å². The van der Waals surface area contributed by atoms with Crippen molar-refractivity contribution in [2.45, 2.75) is 39.5 Å². The number of aromatic nitrogens is 2. The predicted molar refractivity (Wildman–Crippen MR) is 76.4 cm³/mol. The number of nitrogens with zero attached hydrogens (tertiary/aromatic N) is 2. The summed E-state index contributed by atoms with van der Waals surface area (Å²) < 4.78 is 1.53. The lowest BCUT2D eigenvalue weighted by Gasteiger charge is -2.14. The van der Waals surface area contributed by atoms with Crippen molar-refractivity contribution in [1.29, 1.82) is 0 Å². The van der Waals surface area contributed by atoms with E-state index >= 15 is 0 Å². The molecule has 0 unspecified atom stereocenters. The number of benzene rings is 1. The van der Waals surface area contributed by atoms with E-state index in [0.29, 0.717) is 6.42 Å². The molecule has 3 heteroatoms. The van der Waals surface area contributed by atoms with Gasteiger partial charge in [0, 0.05) is 12.1 Å². The van der Waals surface area contributed by atoms with Crippen LogP contribution in [0.2, 0.25) is 0 Å². The highest BCUT2D eigenvalue weighted by Gasteiger charge is 2.17. The van der Waals surface area contributed by atoms with Gasteiger partial charge in [0.05, 0.1) is 5.69 Å². The first-order valence-electron chi connectivity index (χ1n) is 6.73. The van der Waals surface area contributed by atoms with Gasteiger partial charge in [-0.15, -0.1) is 0 Å². The third kappa shape index (κ3) is 3.11. The fraction of sp³-hybridized carbons (Fsp3) is 0.375. The summed E-state index contributed by atoms with van der Waals surface area (Å²) in [5.74, 6) is 0.332. The average Bonchev–Trinajstić information content (AvgIpc) is 2.76. The van der Waals surface area contributed by atoms with Gasteiger partial charge < -0.3 is 0 Å². The first-order chi connectivity index (χ1) is 9.11. The second kappa shape index (κ2) is 5.83. The molecule has 0 aliphatic carbocycles. The molecule has 1 atom stereocenters. The number of carbonyl (C=O) groups is 1. The highest BCUT2D eigenvalue weighted by Crippen LogP contribution is 2.23. The van der Waals surface area contributed by atoms with E-state index in [1.165, 1.54) is 10.2 Å². The molecule has 19 heavy (non-hydrogen) atoms. The fourth-order valence-electron chi connectivity index (χ4n) is 2.40. The second-order valence-corrected chi connectivity index (χ2v) is 4.95. The molecule has 2 aromatic rings. The Bertz CT molecular complexity index is 557. The normalized spacial score (nSPS) is 12.4. The van der Waals surface area contributed by atoms with E-state index in [1.54, 1.807) is 0 Å². The Labute approximate surface area is 114 Å². The molecule has 0 saturated carbocycles. The van der Waals surface area contributed by atoms with Crippen molar-refractivity contribution in [1.82, 2.24) is 9.78 Å². The molecule has 0 amide bonds. The zero-order chi connectivity index (χ0) is 13.8. The smallest absolute Gasteiger partial charge is 0.247 e. The van der Waals surface area contributed by atoms with Gasteiger partial charge in [0.15, 0.2) is 0 Å². The molecule has 0 aliphatic heterocycles. The average molecular weight is 256 g/mol. The summed E-state index contributed by atoms with van der Waals surface area (Å²) in [6, 6.07) is 12.1. The van der Waals surface area contributed by atoms with Gasteiger partial charge in [-0.05, 0) is 37.8 Å². The van der Waals surface area contributed by atoms with Crippen LogP contribution in [0.4, 0.5) is 0 Å². The second-order valence-electron chi connectivity index (χ2n) is 4.95. The maximum Gasteiger partial charge on any atom is 0.247 e. The molecular weight excluding hydrogens is 236 g/mol. The maximum absolute atomic E-state index is 12.3. The lowest BCUT2D eigenvalue weighted by molar-refractivity contribution is 0.0873. The molecule has 1 heterocycles. The molecule has 0 fully saturated rings. The number of carbonyl (C=O) groups excluding carboxylic acids is 1. The zero-order valence-corrected chi connectivity index (χ0v) is 11.8. The van der Waals surface area contributed by atoms with Gasteiger partial charge in [-0.25, -0.2) is 4.68 Å². The summed E-state index contributed by atoms with van der Waals surface area (Å²) in [7, 11) is 0. The molecule has 0 aliphatic rings. The molecule has 1 aromatic carbocycles. The summed E-state index contributed by atoms with van der Waals surface area (Å²) >= 11 is 0. The molecule has 0 N–H and O–H groups in total. The first kappa shape index (κ1) is 13.5. The number of hydrogen-bond donors (Lipinski definition) is 0. The van der Waals surface area contributed by atoms with Crippen molar-refractivity contribution in [2.24, 2.45) is 0 Å². The van der Waals surface area contributed by atoms with Gasteiger partial charge in [0.2, 0.25) is 5.91 Å². The lowest BCUT2D eigenvalue weighted by atomic mass is 9.93. The largest absolute Gasteiger partial charge is 0.273 e. The van der Waals surface area contributed by atoms with Gasteiger partial charge in [-0.3, -0.25) is 4.79 Å². The SMILES string of the molecule is CC[C@@H](CC(=O)n1nc(C)cc1C)c1ccccc1. The summed E-state index contributed by atoms with van der Waals surface area (Å²) in [5.41, 5.74) is 3.02. The molecule has 1 aromatic heterocycles. The first-order valence-corrected chi connectivity index (χ1v) is 6.73. The number of rotatable bonds is 4. The van der Waals surface area contributed by atoms with Gasteiger partial charge >= 0.3 is 0 Å². The lowest BCUT2D eigenvalue weighted by Crippen LogP contribution is -2.17. The Morgan fingerprint density at radius 2 is 1.95 bits per heavy atom. The summed E-state index contributed by atoms with van der Waals surface area (Å²) in [6.07, 6.45) is 1.46. The molecule has 2 rings (SSSR count). The Kier molecular flexibility index (Phi) is 4.15. The van der Waals surface area contributed by atoms with E-state index in [1.807, 2.05) is 38.1 Å². The van der Waals surface area contributed by atoms with E-state index in [4.69, 9.17) is 0 Å². The van der Waals surface area contributed by atoms with Crippen LogP contribution in [0.1, 0.15) is 47.4 Å². The zero-order valence-electron chi connectivity index (χ0n) is 11.8. The fourth-order valence-corrected chi connectivity index (χ4v) is 2.40. The topological polar surface area (TPSA) is 34.9 Å². The molecule has 0 spiro atoms. The van der Waals surface area contributed by atoms with Crippen molar-refractivity contribution in [3.63, 3.8) is 0 Å². The standard InChI is InChI=1S/C16H20N2O/c1-4-14(15-8-6-5-7-9-15)11-16(19)18-13(3)10-12(2)17-18/h5-10,14H,4,11H2,1-3H3/t14-/m0/s1. The molecule has 100 valence electrons. The Morgan fingerprint density at radius 3 is 2.47 bits per heavy atom. The van der Waals surface area contributed by atoms with Crippen LogP contribution in [0.3, 0.4) is 0 Å². The minimum Gasteiger partial charge on any atom is -0.273 e. The third-order valence-corrected chi connectivity index (χ3v) is 3.43. The van der Waals surface area contributed by atoms with E-state index < -0.39 is 0 Å². The van der Waals surface area contributed by atoms with Crippen LogP contribution in [0.5, 0.6) is 0 Å². The van der Waals surface area contributed by atoms with E-state index in [2.05, 4.69) is 24.2 Å². The van der Waals surface area contributed by atoms with E-state index in [-0.39, 0.29) is 11.8 Å². The van der Waals surface area contributed by atoms with Crippen molar-refractivity contribution in [3.05, 3.63) is 53.3 Å². The van der Waals surface area contributed by atoms with Gasteiger partial charge in [-0.2, -0.15) is 5.10 Å². The van der Waals surface area contributed by atoms with Crippen LogP contribution in [-0.2, 0) is 0 Å². The molecule has 0 radical (unpaired) electrons. The van der Waals surface area contributed by atoms with Crippen LogP contribution in [-0.4, -0.2) is 15.7 Å². The van der Waals surface area contributed by atoms with E-state index in [9.17, 15) is 4.79 Å². The van der Waals surface area contributed by atoms with Gasteiger partial charge in [-0.1, -0.05) is 37.3 Å². The van der Waals surface area contributed by atoms with Crippen molar-refractivity contribution in [2.75, 3.05) is 0 Å². The van der Waals surface area contributed by atoms with E-state index in [0.717, 1.165) is 17.8 Å². The van der Waals surface area contributed by atoms with Crippen LogP contribution < -0.4 is 0 Å². The predicted octanol–water partition coefficient (Wildman–Crippen LogP) is 3.72. The van der Waals surface area contributed by atoms with Gasteiger partial charge in [0.25, 0.3) is 0 Å². The Morgan fingerprint density at radius 1 is 1.26 bits per heavy atom. The summed E-state index contributed by atoms with van der Waals surface area (Å²) in [6.45, 7) is 5.94. The minimum atomic E-state index is 0.0707. The van der Waals surface area contributed by atoms with Gasteiger partial charge in [0.1, 0.15) is 0 Å². The minimum absolute atomic E-state index is 0.0707. The molecule has 0 saturated heterocycles. The molecule has 3 nitrogen and oxygen atoms in total. The maximum atomic E-state index is 12.3. The van der Waals surface area contributed by atoms with Crippen LogP contribution in [0.25, 0.3) is 0 Å². The third-order valence-electron chi connectivity index (χ3n) is 3.43. The summed E-state index contributed by atoms with van der Waals surface area (Å²) in [5, 5.41) is 4.26. The van der Waals surface area contributed by atoms with Crippen molar-refractivity contribution >= 4 is 5.91 Å². The Hall–Kier alpha value is -1.90. The molecular formula is C16H20N2O. The number of aryl methyl sites for hydroxylation is 2. The van der Waals surface area contributed by atoms with Crippen LogP contribution >= 0.6 is 0 Å². The quantitative estimate of drug-likeness (QED) is 0.835. The monoisotopic (exact) mass is 256 g/mol.